The van der Waals surface area contributed by atoms with Crippen LogP contribution in [0.25, 0.3) is 0 Å². The van der Waals surface area contributed by atoms with Crippen molar-refractivity contribution in [2.24, 2.45) is 0 Å². The van der Waals surface area contributed by atoms with Gasteiger partial charge < -0.3 is 5.32 Å². The molecule has 1 fully saturated rings. The Morgan fingerprint density at radius 2 is 1.76 bits per heavy atom. The second kappa shape index (κ2) is 6.71. The van der Waals surface area contributed by atoms with Crippen molar-refractivity contribution in [2.45, 2.75) is 25.3 Å². The highest BCUT2D eigenvalue weighted by atomic mass is 16.2. The quantitative estimate of drug-likeness (QED) is 0.355. The number of amides is 5. The minimum atomic E-state index is -1.01. The Kier molecular flexibility index (Phi) is 4.46. The number of nitrogens with zero attached hydrogens (tertiary/aromatic N) is 1. The van der Waals surface area contributed by atoms with Gasteiger partial charge in [-0.1, -0.05) is 18.2 Å². The zero-order valence-electron chi connectivity index (χ0n) is 13.2. The van der Waals surface area contributed by atoms with E-state index in [1.807, 2.05) is 10.9 Å². The summed E-state index contributed by atoms with van der Waals surface area (Å²) < 4.78 is 0. The average Bonchev–Trinajstić information content (AvgIpc) is 3.40. The first kappa shape index (κ1) is 16.6. The predicted molar refractivity (Wildman–Crippen MR) is 83.6 cm³/mol. The molecule has 1 aliphatic carbocycles. The van der Waals surface area contributed by atoms with Gasteiger partial charge in [-0.3, -0.25) is 39.7 Å². The van der Waals surface area contributed by atoms with Gasteiger partial charge in [0.15, 0.2) is 0 Å². The first-order valence-electron chi connectivity index (χ1n) is 7.78. The van der Waals surface area contributed by atoms with Crippen molar-refractivity contribution in [1.29, 1.82) is 0 Å². The third kappa shape index (κ3) is 3.82. The number of imide groups is 1. The topological polar surface area (TPSA) is 125 Å². The van der Waals surface area contributed by atoms with Gasteiger partial charge in [-0.15, -0.1) is 0 Å². The van der Waals surface area contributed by atoms with E-state index >= 15 is 0 Å². The molecule has 9 heteroatoms. The van der Waals surface area contributed by atoms with Crippen LogP contribution in [0.5, 0.6) is 0 Å². The summed E-state index contributed by atoms with van der Waals surface area (Å²) in [5, 5.41) is 2.46. The van der Waals surface area contributed by atoms with E-state index in [0.717, 1.165) is 17.7 Å². The highest BCUT2D eigenvalue weighted by Gasteiger charge is 2.32. The molecule has 25 heavy (non-hydrogen) atoms. The van der Waals surface area contributed by atoms with Crippen LogP contribution in [0.4, 0.5) is 0 Å². The number of hydrogen-bond donors (Lipinski definition) is 3. The average molecular weight is 344 g/mol. The number of hydrazine groups is 1. The molecular formula is C16H16N4O5. The molecule has 0 radical (unpaired) electrons. The minimum absolute atomic E-state index is 0.0117. The van der Waals surface area contributed by atoms with Crippen LogP contribution in [0.3, 0.4) is 0 Å². The number of rotatable bonds is 3. The summed E-state index contributed by atoms with van der Waals surface area (Å²) in [4.78, 5) is 60.0. The molecule has 0 atom stereocenters. The van der Waals surface area contributed by atoms with Crippen LogP contribution in [0.15, 0.2) is 24.3 Å². The first-order chi connectivity index (χ1) is 12.0. The van der Waals surface area contributed by atoms with Gasteiger partial charge in [0, 0.05) is 11.6 Å². The van der Waals surface area contributed by atoms with Crippen molar-refractivity contribution in [1.82, 2.24) is 21.1 Å². The Hall–Kier alpha value is -3.23. The van der Waals surface area contributed by atoms with Crippen LogP contribution in [0, 0.1) is 0 Å². The van der Waals surface area contributed by atoms with Crippen molar-refractivity contribution < 1.29 is 24.0 Å². The highest BCUT2D eigenvalue weighted by molar-refractivity contribution is 6.35. The molecule has 1 aliphatic heterocycles. The molecule has 1 saturated carbocycles. The molecule has 9 nitrogen and oxygen atoms in total. The summed E-state index contributed by atoms with van der Waals surface area (Å²) in [6.45, 7) is -0.545. The maximum Gasteiger partial charge on any atom is 0.327 e. The maximum absolute atomic E-state index is 12.3. The molecule has 1 aromatic rings. The number of carbonyl (C=O) groups is 5. The molecule has 1 heterocycles. The lowest BCUT2D eigenvalue weighted by molar-refractivity contribution is -0.141. The standard InChI is InChI=1S/C16H16N4O5/c21-12(18-19-15(24)14(23)17-10-5-6-10)8-20-13(22)7-9-3-1-2-4-11(9)16(20)25/h1-4,10H,5-8H2,(H,17,23)(H,18,21)(H,19,24). The van der Waals surface area contributed by atoms with E-state index in [0.29, 0.717) is 11.1 Å². The van der Waals surface area contributed by atoms with E-state index in [1.165, 1.54) is 0 Å². The normalized spacial score (nSPS) is 16.1. The Labute approximate surface area is 142 Å². The summed E-state index contributed by atoms with van der Waals surface area (Å²) in [6.07, 6.45) is 1.67. The second-order valence-corrected chi connectivity index (χ2v) is 5.87. The second-order valence-electron chi connectivity index (χ2n) is 5.87. The van der Waals surface area contributed by atoms with Gasteiger partial charge in [0.1, 0.15) is 6.54 Å². The van der Waals surface area contributed by atoms with Gasteiger partial charge in [0.05, 0.1) is 6.42 Å². The van der Waals surface area contributed by atoms with E-state index in [4.69, 9.17) is 0 Å². The van der Waals surface area contributed by atoms with Gasteiger partial charge in [-0.25, -0.2) is 0 Å². The molecular weight excluding hydrogens is 328 g/mol. The molecule has 0 unspecified atom stereocenters. The molecule has 3 rings (SSSR count). The predicted octanol–water partition coefficient (Wildman–Crippen LogP) is -1.36. The molecule has 0 aromatic heterocycles. The lowest BCUT2D eigenvalue weighted by Crippen LogP contribution is -2.53. The summed E-state index contributed by atoms with van der Waals surface area (Å²) >= 11 is 0. The Bertz CT molecular complexity index is 772. The number of fused-ring (bicyclic) bond motifs is 1. The molecule has 1 aromatic carbocycles. The maximum atomic E-state index is 12.3. The van der Waals surface area contributed by atoms with Crippen molar-refractivity contribution >= 4 is 29.5 Å². The Morgan fingerprint density at radius 3 is 2.48 bits per heavy atom. The van der Waals surface area contributed by atoms with Crippen LogP contribution in [-0.2, 0) is 25.6 Å². The Balaban J connectivity index is 1.54. The third-order valence-electron chi connectivity index (χ3n) is 3.87. The molecule has 0 saturated heterocycles. The summed E-state index contributed by atoms with van der Waals surface area (Å²) in [5.41, 5.74) is 4.95. The van der Waals surface area contributed by atoms with Gasteiger partial charge in [0.2, 0.25) is 5.91 Å². The third-order valence-corrected chi connectivity index (χ3v) is 3.87. The number of carbonyl (C=O) groups excluding carboxylic acids is 5. The number of hydrogen-bond acceptors (Lipinski definition) is 5. The fourth-order valence-electron chi connectivity index (χ4n) is 2.41. The van der Waals surface area contributed by atoms with Gasteiger partial charge in [-0.05, 0) is 24.5 Å². The lowest BCUT2D eigenvalue weighted by Gasteiger charge is -2.26. The van der Waals surface area contributed by atoms with Gasteiger partial charge in [0.25, 0.3) is 11.8 Å². The van der Waals surface area contributed by atoms with Crippen molar-refractivity contribution in [3.8, 4) is 0 Å². The Morgan fingerprint density at radius 1 is 1.04 bits per heavy atom. The minimum Gasteiger partial charge on any atom is -0.345 e. The highest BCUT2D eigenvalue weighted by Crippen LogP contribution is 2.19. The van der Waals surface area contributed by atoms with Crippen LogP contribution in [-0.4, -0.2) is 47.0 Å². The van der Waals surface area contributed by atoms with E-state index < -0.39 is 36.1 Å². The van der Waals surface area contributed by atoms with E-state index in [9.17, 15) is 24.0 Å². The van der Waals surface area contributed by atoms with Crippen LogP contribution in [0.2, 0.25) is 0 Å². The van der Waals surface area contributed by atoms with E-state index in [-0.39, 0.29) is 12.5 Å². The van der Waals surface area contributed by atoms with Crippen LogP contribution >= 0.6 is 0 Å². The monoisotopic (exact) mass is 344 g/mol. The fourth-order valence-corrected chi connectivity index (χ4v) is 2.41. The molecule has 130 valence electrons. The van der Waals surface area contributed by atoms with Crippen molar-refractivity contribution in [3.05, 3.63) is 35.4 Å². The number of nitrogens with one attached hydrogen (secondary N) is 3. The molecule has 5 amide bonds. The molecule has 3 N–H and O–H groups in total. The zero-order chi connectivity index (χ0) is 18.0. The molecule has 2 aliphatic rings. The van der Waals surface area contributed by atoms with Crippen molar-refractivity contribution in [3.63, 3.8) is 0 Å². The first-order valence-corrected chi connectivity index (χ1v) is 7.78. The van der Waals surface area contributed by atoms with Gasteiger partial charge in [-0.2, -0.15) is 0 Å². The van der Waals surface area contributed by atoms with E-state index in [1.54, 1.807) is 24.3 Å². The van der Waals surface area contributed by atoms with E-state index in [2.05, 4.69) is 5.32 Å². The van der Waals surface area contributed by atoms with Crippen LogP contribution in [0.1, 0.15) is 28.8 Å². The fraction of sp³-hybridized carbons (Fsp3) is 0.312. The zero-order valence-corrected chi connectivity index (χ0v) is 13.2. The largest absolute Gasteiger partial charge is 0.345 e. The lowest BCUT2D eigenvalue weighted by atomic mass is 9.98. The van der Waals surface area contributed by atoms with Gasteiger partial charge >= 0.3 is 11.8 Å². The number of benzene rings is 1. The molecule has 0 spiro atoms. The summed E-state index contributed by atoms with van der Waals surface area (Å²) in [7, 11) is 0. The SMILES string of the molecule is O=C(CN1C(=O)Cc2ccccc2C1=O)NNC(=O)C(=O)NC1CC1. The smallest absolute Gasteiger partial charge is 0.327 e. The summed E-state index contributed by atoms with van der Waals surface area (Å²) in [5.74, 6) is -3.71. The van der Waals surface area contributed by atoms with Crippen molar-refractivity contribution in [2.75, 3.05) is 6.54 Å². The molecule has 0 bridgehead atoms. The van der Waals surface area contributed by atoms with Crippen LogP contribution < -0.4 is 16.2 Å². The summed E-state index contributed by atoms with van der Waals surface area (Å²) in [6, 6.07) is 6.67.